The van der Waals surface area contributed by atoms with Gasteiger partial charge in [0.25, 0.3) is 5.91 Å². The quantitative estimate of drug-likeness (QED) is 0.440. The fourth-order valence-corrected chi connectivity index (χ4v) is 4.56. The first-order valence-corrected chi connectivity index (χ1v) is 11.1. The second-order valence-electron chi connectivity index (χ2n) is 7.83. The third-order valence-corrected chi connectivity index (χ3v) is 6.47. The topological polar surface area (TPSA) is 67.4 Å². The number of para-hydroxylation sites is 1. The lowest BCUT2D eigenvalue weighted by Gasteiger charge is -2.34. The molecule has 0 spiro atoms. The minimum absolute atomic E-state index is 0.0452. The van der Waals surface area contributed by atoms with Gasteiger partial charge in [-0.15, -0.1) is 0 Å². The van der Waals surface area contributed by atoms with E-state index in [-0.39, 0.29) is 5.91 Å². The van der Waals surface area contributed by atoms with Crippen molar-refractivity contribution in [3.63, 3.8) is 0 Å². The van der Waals surface area contributed by atoms with Gasteiger partial charge in [0.05, 0.1) is 11.6 Å². The fraction of sp³-hybridized carbons (Fsp3) is 0.261. The largest absolute Gasteiger partial charge is 0.338 e. The summed E-state index contributed by atoms with van der Waals surface area (Å²) >= 11 is 12.5. The molecule has 164 valence electrons. The SMILES string of the molecule is Cn1c(C(=O)N2CCN(Cc3nc(-c4ccc(Cl)cc4)no3)CC2)c(Cl)c2ccccc21. The molecule has 0 bridgehead atoms. The van der Waals surface area contributed by atoms with Gasteiger partial charge in [0.2, 0.25) is 11.7 Å². The van der Waals surface area contributed by atoms with Gasteiger partial charge in [-0.1, -0.05) is 46.6 Å². The second-order valence-corrected chi connectivity index (χ2v) is 8.64. The molecule has 7 nitrogen and oxygen atoms in total. The van der Waals surface area contributed by atoms with E-state index in [1.54, 1.807) is 12.1 Å². The summed E-state index contributed by atoms with van der Waals surface area (Å²) in [7, 11) is 1.88. The van der Waals surface area contributed by atoms with Crippen LogP contribution in [0.4, 0.5) is 0 Å². The average molecular weight is 470 g/mol. The van der Waals surface area contributed by atoms with Crippen LogP contribution in [0.3, 0.4) is 0 Å². The molecule has 2 aromatic carbocycles. The normalized spacial score (nSPS) is 14.9. The Hall–Kier alpha value is -2.87. The molecule has 1 amide bonds. The molecule has 0 unspecified atom stereocenters. The first-order valence-electron chi connectivity index (χ1n) is 10.3. The van der Waals surface area contributed by atoms with Crippen LogP contribution in [0, 0.1) is 0 Å². The van der Waals surface area contributed by atoms with E-state index in [4.69, 9.17) is 27.7 Å². The lowest BCUT2D eigenvalue weighted by Crippen LogP contribution is -2.48. The summed E-state index contributed by atoms with van der Waals surface area (Å²) in [6, 6.07) is 15.1. The number of amides is 1. The van der Waals surface area contributed by atoms with Gasteiger partial charge in [0.1, 0.15) is 5.69 Å². The zero-order valence-corrected chi connectivity index (χ0v) is 19.0. The van der Waals surface area contributed by atoms with Crippen LogP contribution in [0.1, 0.15) is 16.4 Å². The van der Waals surface area contributed by atoms with Crippen molar-refractivity contribution in [1.29, 1.82) is 0 Å². The molecular formula is C23H21Cl2N5O2. The van der Waals surface area contributed by atoms with Crippen LogP contribution in [0.5, 0.6) is 0 Å². The number of nitrogens with zero attached hydrogens (tertiary/aromatic N) is 5. The van der Waals surface area contributed by atoms with Crippen LogP contribution in [0.25, 0.3) is 22.3 Å². The lowest BCUT2D eigenvalue weighted by molar-refractivity contribution is 0.0606. The summed E-state index contributed by atoms with van der Waals surface area (Å²) in [4.78, 5) is 21.8. The summed E-state index contributed by atoms with van der Waals surface area (Å²) < 4.78 is 7.30. The van der Waals surface area contributed by atoms with Crippen molar-refractivity contribution in [2.45, 2.75) is 6.54 Å². The molecule has 0 aliphatic carbocycles. The zero-order valence-electron chi connectivity index (χ0n) is 17.5. The lowest BCUT2D eigenvalue weighted by atomic mass is 10.2. The van der Waals surface area contributed by atoms with E-state index in [0.29, 0.717) is 60.2 Å². The van der Waals surface area contributed by atoms with Gasteiger partial charge in [-0.3, -0.25) is 9.69 Å². The van der Waals surface area contributed by atoms with Crippen molar-refractivity contribution in [2.75, 3.05) is 26.2 Å². The Morgan fingerprint density at radius 3 is 2.47 bits per heavy atom. The molecule has 0 atom stereocenters. The predicted octanol–water partition coefficient (Wildman–Crippen LogP) is 4.49. The molecule has 32 heavy (non-hydrogen) atoms. The van der Waals surface area contributed by atoms with Crippen molar-refractivity contribution in [1.82, 2.24) is 24.5 Å². The minimum atomic E-state index is -0.0452. The van der Waals surface area contributed by atoms with E-state index >= 15 is 0 Å². The van der Waals surface area contributed by atoms with Gasteiger partial charge in [-0.05, 0) is 30.3 Å². The highest BCUT2D eigenvalue weighted by molar-refractivity contribution is 6.38. The van der Waals surface area contributed by atoms with Gasteiger partial charge < -0.3 is 14.0 Å². The average Bonchev–Trinajstić information content (AvgIpc) is 3.37. The number of hydrogen-bond acceptors (Lipinski definition) is 5. The standard InChI is InChI=1S/C23H21Cl2N5O2/c1-28-18-5-3-2-4-17(18)20(25)21(28)23(31)30-12-10-29(11-13-30)14-19-26-22(27-32-19)15-6-8-16(24)9-7-15/h2-9H,10-14H2,1H3. The first kappa shape index (κ1) is 21.0. The number of carbonyl (C=O) groups excluding carboxylic acids is 1. The Balaban J connectivity index is 1.23. The predicted molar refractivity (Wildman–Crippen MR) is 124 cm³/mol. The van der Waals surface area contributed by atoms with Crippen LogP contribution in [-0.2, 0) is 13.6 Å². The maximum Gasteiger partial charge on any atom is 0.272 e. The summed E-state index contributed by atoms with van der Waals surface area (Å²) in [6.45, 7) is 3.18. The zero-order chi connectivity index (χ0) is 22.2. The number of aromatic nitrogens is 3. The first-order chi connectivity index (χ1) is 15.5. The molecule has 1 aliphatic rings. The third-order valence-electron chi connectivity index (χ3n) is 5.84. The van der Waals surface area contributed by atoms with E-state index in [9.17, 15) is 4.79 Å². The Kier molecular flexibility index (Phi) is 5.63. The maximum absolute atomic E-state index is 13.2. The Morgan fingerprint density at radius 1 is 1.03 bits per heavy atom. The molecule has 0 saturated carbocycles. The molecule has 2 aromatic heterocycles. The minimum Gasteiger partial charge on any atom is -0.338 e. The van der Waals surface area contributed by atoms with Crippen molar-refractivity contribution < 1.29 is 9.32 Å². The Labute approximate surface area is 195 Å². The molecule has 0 radical (unpaired) electrons. The maximum atomic E-state index is 13.2. The van der Waals surface area contributed by atoms with E-state index in [1.165, 1.54) is 0 Å². The van der Waals surface area contributed by atoms with Gasteiger partial charge in [0.15, 0.2) is 0 Å². The highest BCUT2D eigenvalue weighted by Gasteiger charge is 2.28. The number of halogens is 2. The number of piperazine rings is 1. The van der Waals surface area contributed by atoms with Gasteiger partial charge in [-0.2, -0.15) is 4.98 Å². The second kappa shape index (κ2) is 8.58. The Bertz CT molecular complexity index is 1230. The smallest absolute Gasteiger partial charge is 0.272 e. The van der Waals surface area contributed by atoms with Gasteiger partial charge >= 0.3 is 0 Å². The van der Waals surface area contributed by atoms with Crippen LogP contribution in [0.2, 0.25) is 10.0 Å². The van der Waals surface area contributed by atoms with Crippen LogP contribution < -0.4 is 0 Å². The van der Waals surface area contributed by atoms with Crippen molar-refractivity contribution in [2.24, 2.45) is 7.05 Å². The number of hydrogen-bond donors (Lipinski definition) is 0. The van der Waals surface area contributed by atoms with Gasteiger partial charge in [-0.25, -0.2) is 0 Å². The molecule has 1 saturated heterocycles. The van der Waals surface area contributed by atoms with Crippen LogP contribution in [-0.4, -0.2) is 56.6 Å². The van der Waals surface area contributed by atoms with E-state index in [1.807, 2.05) is 52.9 Å². The number of fused-ring (bicyclic) bond motifs is 1. The van der Waals surface area contributed by atoms with Crippen molar-refractivity contribution in [3.8, 4) is 11.4 Å². The number of aryl methyl sites for hydroxylation is 1. The van der Waals surface area contributed by atoms with E-state index in [0.717, 1.165) is 16.5 Å². The van der Waals surface area contributed by atoms with Crippen molar-refractivity contribution >= 4 is 40.0 Å². The van der Waals surface area contributed by atoms with Crippen LogP contribution in [0.15, 0.2) is 53.1 Å². The molecule has 4 aromatic rings. The molecule has 9 heteroatoms. The van der Waals surface area contributed by atoms with Crippen LogP contribution >= 0.6 is 23.2 Å². The molecule has 1 aliphatic heterocycles. The number of rotatable bonds is 4. The summed E-state index contributed by atoms with van der Waals surface area (Å²) in [5.74, 6) is 1.04. The molecule has 3 heterocycles. The fourth-order valence-electron chi connectivity index (χ4n) is 4.07. The monoisotopic (exact) mass is 469 g/mol. The summed E-state index contributed by atoms with van der Waals surface area (Å²) in [6.07, 6.45) is 0. The molecular weight excluding hydrogens is 449 g/mol. The highest BCUT2D eigenvalue weighted by atomic mass is 35.5. The molecule has 0 N–H and O–H groups in total. The summed E-state index contributed by atoms with van der Waals surface area (Å²) in [5, 5.41) is 6.13. The third kappa shape index (κ3) is 3.88. The number of carbonyl (C=O) groups is 1. The highest BCUT2D eigenvalue weighted by Crippen LogP contribution is 2.31. The van der Waals surface area contributed by atoms with E-state index < -0.39 is 0 Å². The molecule has 1 fully saturated rings. The number of benzene rings is 2. The van der Waals surface area contributed by atoms with E-state index in [2.05, 4.69) is 15.0 Å². The molecule has 5 rings (SSSR count). The summed E-state index contributed by atoms with van der Waals surface area (Å²) in [5.41, 5.74) is 2.34. The van der Waals surface area contributed by atoms with Gasteiger partial charge in [0, 0.05) is 54.7 Å². The Morgan fingerprint density at radius 2 is 1.75 bits per heavy atom. The van der Waals surface area contributed by atoms with Crippen molar-refractivity contribution in [3.05, 3.63) is 70.2 Å².